The van der Waals surface area contributed by atoms with Crippen molar-refractivity contribution >= 4 is 0 Å². The molecule has 1 aromatic carbocycles. The zero-order valence-corrected chi connectivity index (χ0v) is 9.31. The largest absolute Gasteiger partial charge is 0.491 e. The Kier molecular flexibility index (Phi) is 4.59. The van der Waals surface area contributed by atoms with Crippen LogP contribution in [0.25, 0.3) is 0 Å². The zero-order chi connectivity index (χ0) is 11.3. The van der Waals surface area contributed by atoms with E-state index < -0.39 is 6.10 Å². The maximum Gasteiger partial charge on any atom is 0.119 e. The van der Waals surface area contributed by atoms with Crippen LogP contribution in [0.15, 0.2) is 24.3 Å². The van der Waals surface area contributed by atoms with Crippen LogP contribution in [-0.4, -0.2) is 23.9 Å². The molecule has 0 bridgehead atoms. The third kappa shape index (κ3) is 4.81. The van der Waals surface area contributed by atoms with Gasteiger partial charge in [-0.1, -0.05) is 12.1 Å². The summed E-state index contributed by atoms with van der Waals surface area (Å²) >= 11 is 0. The monoisotopic (exact) mass is 209 g/mol. The van der Waals surface area contributed by atoms with E-state index in [1.54, 1.807) is 6.92 Å². The molecule has 3 N–H and O–H groups in total. The second-order valence-electron chi connectivity index (χ2n) is 3.99. The van der Waals surface area contributed by atoms with Crippen LogP contribution in [0.2, 0.25) is 0 Å². The summed E-state index contributed by atoms with van der Waals surface area (Å²) in [5.74, 6) is 0.782. The van der Waals surface area contributed by atoms with E-state index in [-0.39, 0.29) is 6.04 Å². The number of aliphatic hydroxyl groups is 1. The molecular weight excluding hydrogens is 190 g/mol. The molecule has 1 rings (SSSR count). The van der Waals surface area contributed by atoms with E-state index in [2.05, 4.69) is 0 Å². The number of nitrogens with two attached hydrogens (primary N) is 1. The van der Waals surface area contributed by atoms with E-state index in [1.807, 2.05) is 31.2 Å². The minimum absolute atomic E-state index is 0.175. The maximum atomic E-state index is 9.05. The predicted molar refractivity (Wildman–Crippen MR) is 61.0 cm³/mol. The van der Waals surface area contributed by atoms with Crippen LogP contribution in [0, 0.1) is 0 Å². The van der Waals surface area contributed by atoms with Gasteiger partial charge in [-0.05, 0) is 38.0 Å². The maximum absolute atomic E-state index is 9.05. The third-order valence-corrected chi connectivity index (χ3v) is 1.97. The van der Waals surface area contributed by atoms with Crippen molar-refractivity contribution < 1.29 is 9.84 Å². The fraction of sp³-hybridized carbons (Fsp3) is 0.500. The molecule has 1 unspecified atom stereocenters. The zero-order valence-electron chi connectivity index (χ0n) is 9.31. The van der Waals surface area contributed by atoms with Crippen LogP contribution >= 0.6 is 0 Å². The number of ether oxygens (including phenoxy) is 1. The minimum Gasteiger partial charge on any atom is -0.491 e. The van der Waals surface area contributed by atoms with Gasteiger partial charge in [-0.25, -0.2) is 0 Å². The SMILES string of the molecule is CC(O)COc1ccc(C[C@H](C)N)cc1. The lowest BCUT2D eigenvalue weighted by Crippen LogP contribution is -2.17. The van der Waals surface area contributed by atoms with Gasteiger partial charge in [0.25, 0.3) is 0 Å². The quantitative estimate of drug-likeness (QED) is 0.769. The topological polar surface area (TPSA) is 55.5 Å². The Balaban J connectivity index is 2.49. The third-order valence-electron chi connectivity index (χ3n) is 1.97. The van der Waals surface area contributed by atoms with Gasteiger partial charge in [0, 0.05) is 6.04 Å². The van der Waals surface area contributed by atoms with Crippen molar-refractivity contribution in [1.29, 1.82) is 0 Å². The molecule has 0 aromatic heterocycles. The summed E-state index contributed by atoms with van der Waals surface area (Å²) in [6, 6.07) is 7.98. The van der Waals surface area contributed by atoms with Crippen LogP contribution in [0.3, 0.4) is 0 Å². The molecule has 0 saturated heterocycles. The van der Waals surface area contributed by atoms with Gasteiger partial charge in [-0.2, -0.15) is 0 Å². The lowest BCUT2D eigenvalue weighted by atomic mass is 10.1. The molecular formula is C12H19NO2. The molecule has 0 spiro atoms. The summed E-state index contributed by atoms with van der Waals surface area (Å²) in [4.78, 5) is 0. The number of benzene rings is 1. The molecule has 0 aliphatic rings. The molecule has 0 amide bonds. The van der Waals surface area contributed by atoms with Crippen molar-refractivity contribution in [2.24, 2.45) is 5.73 Å². The van der Waals surface area contributed by atoms with E-state index in [4.69, 9.17) is 15.6 Å². The lowest BCUT2D eigenvalue weighted by Gasteiger charge is -2.09. The van der Waals surface area contributed by atoms with Crippen molar-refractivity contribution in [2.45, 2.75) is 32.4 Å². The van der Waals surface area contributed by atoms with E-state index >= 15 is 0 Å². The summed E-state index contributed by atoms with van der Waals surface area (Å²) in [5, 5.41) is 9.05. The first kappa shape index (κ1) is 12.0. The molecule has 3 nitrogen and oxygen atoms in total. The highest BCUT2D eigenvalue weighted by molar-refractivity contribution is 5.27. The van der Waals surface area contributed by atoms with E-state index in [9.17, 15) is 0 Å². The summed E-state index contributed by atoms with van der Waals surface area (Å²) < 4.78 is 5.35. The van der Waals surface area contributed by atoms with Gasteiger partial charge < -0.3 is 15.6 Å². The molecule has 15 heavy (non-hydrogen) atoms. The van der Waals surface area contributed by atoms with Crippen molar-refractivity contribution in [3.05, 3.63) is 29.8 Å². The molecule has 84 valence electrons. The molecule has 0 aliphatic carbocycles. The average Bonchev–Trinajstić information content (AvgIpc) is 2.16. The smallest absolute Gasteiger partial charge is 0.119 e. The number of aliphatic hydroxyl groups excluding tert-OH is 1. The van der Waals surface area contributed by atoms with Crippen molar-refractivity contribution in [3.8, 4) is 5.75 Å². The van der Waals surface area contributed by atoms with Gasteiger partial charge in [0.05, 0.1) is 6.10 Å². The molecule has 3 heteroatoms. The first-order valence-electron chi connectivity index (χ1n) is 5.23. The fourth-order valence-corrected chi connectivity index (χ4v) is 1.31. The fourth-order valence-electron chi connectivity index (χ4n) is 1.31. The summed E-state index contributed by atoms with van der Waals surface area (Å²) in [6.07, 6.45) is 0.435. The lowest BCUT2D eigenvalue weighted by molar-refractivity contribution is 0.122. The molecule has 2 atom stereocenters. The Labute approximate surface area is 90.9 Å². The van der Waals surface area contributed by atoms with Gasteiger partial charge in [0.1, 0.15) is 12.4 Å². The minimum atomic E-state index is -0.436. The highest BCUT2D eigenvalue weighted by Crippen LogP contribution is 2.13. The Morgan fingerprint density at radius 3 is 2.33 bits per heavy atom. The molecule has 0 saturated carbocycles. The van der Waals surface area contributed by atoms with Gasteiger partial charge >= 0.3 is 0 Å². The average molecular weight is 209 g/mol. The Morgan fingerprint density at radius 1 is 1.27 bits per heavy atom. The highest BCUT2D eigenvalue weighted by Gasteiger charge is 2.00. The van der Waals surface area contributed by atoms with Gasteiger partial charge in [-0.3, -0.25) is 0 Å². The Bertz CT molecular complexity index is 280. The first-order chi connectivity index (χ1) is 7.08. The highest BCUT2D eigenvalue weighted by atomic mass is 16.5. The number of hydrogen-bond acceptors (Lipinski definition) is 3. The van der Waals surface area contributed by atoms with E-state index in [1.165, 1.54) is 5.56 Å². The van der Waals surface area contributed by atoms with Crippen LogP contribution < -0.4 is 10.5 Å². The first-order valence-corrected chi connectivity index (χ1v) is 5.23. The summed E-state index contributed by atoms with van der Waals surface area (Å²) in [5.41, 5.74) is 6.90. The van der Waals surface area contributed by atoms with Crippen molar-refractivity contribution in [3.63, 3.8) is 0 Å². The Morgan fingerprint density at radius 2 is 1.87 bits per heavy atom. The van der Waals surface area contributed by atoms with E-state index in [0.717, 1.165) is 12.2 Å². The van der Waals surface area contributed by atoms with Crippen LogP contribution in [0.5, 0.6) is 5.75 Å². The second kappa shape index (κ2) is 5.73. The molecule has 0 radical (unpaired) electrons. The number of rotatable bonds is 5. The molecule has 0 heterocycles. The van der Waals surface area contributed by atoms with Crippen molar-refractivity contribution in [2.75, 3.05) is 6.61 Å². The van der Waals surface area contributed by atoms with Gasteiger partial charge in [0.15, 0.2) is 0 Å². The molecule has 1 aromatic rings. The van der Waals surface area contributed by atoms with E-state index in [0.29, 0.717) is 6.61 Å². The van der Waals surface area contributed by atoms with Crippen molar-refractivity contribution in [1.82, 2.24) is 0 Å². The standard InChI is InChI=1S/C12H19NO2/c1-9(13)7-11-3-5-12(6-4-11)15-8-10(2)14/h3-6,9-10,14H,7-8,13H2,1-2H3/t9-,10?/m0/s1. The summed E-state index contributed by atoms with van der Waals surface area (Å²) in [6.45, 7) is 4.01. The molecule has 0 aliphatic heterocycles. The van der Waals surface area contributed by atoms with Crippen LogP contribution in [0.4, 0.5) is 0 Å². The van der Waals surface area contributed by atoms with Crippen LogP contribution in [0.1, 0.15) is 19.4 Å². The van der Waals surface area contributed by atoms with Crippen LogP contribution in [-0.2, 0) is 6.42 Å². The Hall–Kier alpha value is -1.06. The van der Waals surface area contributed by atoms with Gasteiger partial charge in [-0.15, -0.1) is 0 Å². The normalized spacial score (nSPS) is 14.7. The summed E-state index contributed by atoms with van der Waals surface area (Å²) in [7, 11) is 0. The molecule has 0 fully saturated rings. The second-order valence-corrected chi connectivity index (χ2v) is 3.99. The number of hydrogen-bond donors (Lipinski definition) is 2. The van der Waals surface area contributed by atoms with Gasteiger partial charge in [0.2, 0.25) is 0 Å². The predicted octanol–water partition coefficient (Wildman–Crippen LogP) is 1.34.